The van der Waals surface area contributed by atoms with Crippen LogP contribution in [0.5, 0.6) is 11.5 Å². The average molecular weight is 408 g/mol. The SMILES string of the molecule is Fc1ccc(-c2n[nH]c(=S)n2-c2ccc3c(c2)OCCO3)cc1Br. The van der Waals surface area contributed by atoms with Crippen LogP contribution in [0, 0.1) is 10.6 Å². The van der Waals surface area contributed by atoms with Gasteiger partial charge < -0.3 is 9.47 Å². The molecule has 1 aliphatic heterocycles. The number of aromatic amines is 1. The molecule has 122 valence electrons. The average Bonchev–Trinajstić information content (AvgIpc) is 2.98. The number of halogens is 2. The Morgan fingerprint density at radius 2 is 1.92 bits per heavy atom. The smallest absolute Gasteiger partial charge is 0.200 e. The van der Waals surface area contributed by atoms with Crippen molar-refractivity contribution in [1.29, 1.82) is 0 Å². The Bertz CT molecular complexity index is 986. The van der Waals surface area contributed by atoms with Gasteiger partial charge in [0.25, 0.3) is 0 Å². The van der Waals surface area contributed by atoms with E-state index in [1.807, 2.05) is 18.2 Å². The van der Waals surface area contributed by atoms with E-state index in [0.717, 1.165) is 11.3 Å². The summed E-state index contributed by atoms with van der Waals surface area (Å²) in [5, 5.41) is 7.06. The maximum absolute atomic E-state index is 13.5. The molecular weight excluding hydrogens is 397 g/mol. The van der Waals surface area contributed by atoms with Crippen molar-refractivity contribution in [2.24, 2.45) is 0 Å². The first-order chi connectivity index (χ1) is 11.6. The number of fused-ring (bicyclic) bond motifs is 1. The van der Waals surface area contributed by atoms with E-state index >= 15 is 0 Å². The van der Waals surface area contributed by atoms with Crippen LogP contribution in [-0.2, 0) is 0 Å². The summed E-state index contributed by atoms with van der Waals surface area (Å²) in [5.74, 6) is 1.61. The molecule has 1 N–H and O–H groups in total. The summed E-state index contributed by atoms with van der Waals surface area (Å²) in [5.41, 5.74) is 1.51. The minimum Gasteiger partial charge on any atom is -0.486 e. The van der Waals surface area contributed by atoms with Gasteiger partial charge in [0.2, 0.25) is 0 Å². The van der Waals surface area contributed by atoms with Gasteiger partial charge in [0.15, 0.2) is 22.1 Å². The summed E-state index contributed by atoms with van der Waals surface area (Å²) in [6.07, 6.45) is 0. The van der Waals surface area contributed by atoms with Gasteiger partial charge in [0, 0.05) is 11.6 Å². The molecule has 0 fully saturated rings. The third kappa shape index (κ3) is 2.61. The third-order valence-electron chi connectivity index (χ3n) is 3.63. The second-order valence-electron chi connectivity index (χ2n) is 5.14. The van der Waals surface area contributed by atoms with Crippen LogP contribution >= 0.6 is 28.1 Å². The van der Waals surface area contributed by atoms with E-state index in [0.29, 0.717) is 39.8 Å². The van der Waals surface area contributed by atoms with E-state index in [1.165, 1.54) is 6.07 Å². The summed E-state index contributed by atoms with van der Waals surface area (Å²) < 4.78 is 27.2. The molecule has 0 saturated carbocycles. The van der Waals surface area contributed by atoms with Crippen molar-refractivity contribution in [1.82, 2.24) is 14.8 Å². The summed E-state index contributed by atoms with van der Waals surface area (Å²) in [6, 6.07) is 10.3. The lowest BCUT2D eigenvalue weighted by atomic mass is 10.2. The van der Waals surface area contributed by atoms with Gasteiger partial charge in [0.1, 0.15) is 19.0 Å². The summed E-state index contributed by atoms with van der Waals surface area (Å²) in [4.78, 5) is 0. The van der Waals surface area contributed by atoms with Gasteiger partial charge in [-0.2, -0.15) is 5.10 Å². The number of benzene rings is 2. The maximum Gasteiger partial charge on any atom is 0.200 e. The molecule has 0 atom stereocenters. The third-order valence-corrected chi connectivity index (χ3v) is 4.52. The van der Waals surface area contributed by atoms with E-state index in [9.17, 15) is 4.39 Å². The fourth-order valence-corrected chi connectivity index (χ4v) is 3.15. The molecule has 1 aliphatic rings. The first-order valence-electron chi connectivity index (χ1n) is 7.16. The first kappa shape index (κ1) is 15.3. The molecule has 2 aromatic carbocycles. The highest BCUT2D eigenvalue weighted by molar-refractivity contribution is 9.10. The number of nitrogens with zero attached hydrogens (tertiary/aromatic N) is 2. The fraction of sp³-hybridized carbons (Fsp3) is 0.125. The summed E-state index contributed by atoms with van der Waals surface area (Å²) >= 11 is 8.55. The van der Waals surface area contributed by atoms with E-state index in [4.69, 9.17) is 21.7 Å². The normalized spacial score (nSPS) is 13.1. The Kier molecular flexibility index (Phi) is 3.85. The Morgan fingerprint density at radius 3 is 2.71 bits per heavy atom. The molecule has 1 aromatic heterocycles. The van der Waals surface area contributed by atoms with E-state index in [-0.39, 0.29) is 5.82 Å². The number of H-pyrrole nitrogens is 1. The van der Waals surface area contributed by atoms with Gasteiger partial charge in [-0.25, -0.2) is 4.39 Å². The second-order valence-corrected chi connectivity index (χ2v) is 6.39. The number of nitrogens with one attached hydrogen (secondary N) is 1. The van der Waals surface area contributed by atoms with Crippen molar-refractivity contribution >= 4 is 28.1 Å². The first-order valence-corrected chi connectivity index (χ1v) is 8.36. The quantitative estimate of drug-likeness (QED) is 0.644. The Balaban J connectivity index is 1.86. The molecule has 0 amide bonds. The second kappa shape index (κ2) is 6.03. The van der Waals surface area contributed by atoms with Gasteiger partial charge in [-0.1, -0.05) is 0 Å². The van der Waals surface area contributed by atoms with Crippen molar-refractivity contribution in [3.05, 3.63) is 51.5 Å². The molecule has 0 spiro atoms. The van der Waals surface area contributed by atoms with Crippen LogP contribution in [0.4, 0.5) is 4.39 Å². The zero-order valence-electron chi connectivity index (χ0n) is 12.3. The fourth-order valence-electron chi connectivity index (χ4n) is 2.54. The van der Waals surface area contributed by atoms with Gasteiger partial charge in [-0.3, -0.25) is 9.67 Å². The molecule has 0 radical (unpaired) electrons. The van der Waals surface area contributed by atoms with Gasteiger partial charge in [-0.15, -0.1) is 0 Å². The van der Waals surface area contributed by atoms with Crippen LogP contribution in [-0.4, -0.2) is 28.0 Å². The Morgan fingerprint density at radius 1 is 1.12 bits per heavy atom. The molecule has 0 unspecified atom stereocenters. The zero-order chi connectivity index (χ0) is 16.7. The van der Waals surface area contributed by atoms with Crippen molar-refractivity contribution in [3.8, 4) is 28.6 Å². The Labute approximate surface area is 150 Å². The van der Waals surface area contributed by atoms with Crippen LogP contribution < -0.4 is 9.47 Å². The molecule has 0 bridgehead atoms. The predicted octanol–water partition coefficient (Wildman–Crippen LogP) is 4.27. The standard InChI is InChI=1S/C16H11BrFN3O2S/c17-11-7-9(1-3-12(11)18)15-19-20-16(24)21(15)10-2-4-13-14(8-10)23-6-5-22-13/h1-4,7-8H,5-6H2,(H,20,24). The zero-order valence-corrected chi connectivity index (χ0v) is 14.7. The molecule has 0 saturated heterocycles. The van der Waals surface area contributed by atoms with Gasteiger partial charge in [-0.05, 0) is 58.5 Å². The lowest BCUT2D eigenvalue weighted by Gasteiger charge is -2.19. The lowest BCUT2D eigenvalue weighted by molar-refractivity contribution is 0.171. The van der Waals surface area contributed by atoms with E-state index in [2.05, 4.69) is 26.1 Å². The highest BCUT2D eigenvalue weighted by Gasteiger charge is 2.16. The summed E-state index contributed by atoms with van der Waals surface area (Å²) in [6.45, 7) is 1.04. The molecule has 4 rings (SSSR count). The number of rotatable bonds is 2. The predicted molar refractivity (Wildman–Crippen MR) is 92.8 cm³/mol. The Hall–Kier alpha value is -2.19. The molecule has 3 aromatic rings. The van der Waals surface area contributed by atoms with Crippen molar-refractivity contribution < 1.29 is 13.9 Å². The van der Waals surface area contributed by atoms with Crippen LogP contribution in [0.1, 0.15) is 0 Å². The molecule has 8 heteroatoms. The van der Waals surface area contributed by atoms with Crippen LogP contribution in [0.2, 0.25) is 0 Å². The van der Waals surface area contributed by atoms with Crippen LogP contribution in [0.25, 0.3) is 17.1 Å². The molecule has 0 aliphatic carbocycles. The highest BCUT2D eigenvalue weighted by atomic mass is 79.9. The topological polar surface area (TPSA) is 52.1 Å². The number of hydrogen-bond acceptors (Lipinski definition) is 4. The number of hydrogen-bond donors (Lipinski definition) is 1. The monoisotopic (exact) mass is 407 g/mol. The van der Waals surface area contributed by atoms with E-state index < -0.39 is 0 Å². The maximum atomic E-state index is 13.5. The van der Waals surface area contributed by atoms with Crippen LogP contribution in [0.3, 0.4) is 0 Å². The number of aromatic nitrogens is 3. The lowest BCUT2D eigenvalue weighted by Crippen LogP contribution is -2.15. The van der Waals surface area contributed by atoms with Crippen molar-refractivity contribution in [3.63, 3.8) is 0 Å². The largest absolute Gasteiger partial charge is 0.486 e. The molecular formula is C16H11BrFN3O2S. The van der Waals surface area contributed by atoms with Crippen molar-refractivity contribution in [2.75, 3.05) is 13.2 Å². The minimum absolute atomic E-state index is 0.334. The van der Waals surface area contributed by atoms with E-state index in [1.54, 1.807) is 16.7 Å². The summed E-state index contributed by atoms with van der Waals surface area (Å²) in [7, 11) is 0. The highest BCUT2D eigenvalue weighted by Crippen LogP contribution is 2.33. The van der Waals surface area contributed by atoms with Gasteiger partial charge >= 0.3 is 0 Å². The van der Waals surface area contributed by atoms with Gasteiger partial charge in [0.05, 0.1) is 10.2 Å². The van der Waals surface area contributed by atoms with Crippen LogP contribution in [0.15, 0.2) is 40.9 Å². The number of ether oxygens (including phenoxy) is 2. The molecule has 24 heavy (non-hydrogen) atoms. The molecule has 2 heterocycles. The molecule has 5 nitrogen and oxygen atoms in total. The van der Waals surface area contributed by atoms with Crippen molar-refractivity contribution in [2.45, 2.75) is 0 Å². The minimum atomic E-state index is -0.334.